The molecular weight excluding hydrogens is 307 g/mol. The molecule has 0 spiro atoms. The van der Waals surface area contributed by atoms with Gasteiger partial charge >= 0.3 is 0 Å². The van der Waals surface area contributed by atoms with Crippen LogP contribution in [0.1, 0.15) is 5.56 Å². The first kappa shape index (κ1) is 29.2. The summed E-state index contributed by atoms with van der Waals surface area (Å²) in [7, 11) is 0. The van der Waals surface area contributed by atoms with Gasteiger partial charge in [0.1, 0.15) is 0 Å². The lowest BCUT2D eigenvalue weighted by molar-refractivity contribution is 1.11. The topological polar surface area (TPSA) is 0 Å². The minimum Gasteiger partial charge on any atom is -0.269 e. The van der Waals surface area contributed by atoms with Gasteiger partial charge in [0.25, 0.3) is 0 Å². The van der Waals surface area contributed by atoms with E-state index in [1.165, 1.54) is 0 Å². The molecule has 87 valence electrons. The summed E-state index contributed by atoms with van der Waals surface area (Å²) in [6, 6.07) is 5.86. The molecule has 0 aromatic heterocycles. The molecule has 0 nitrogen and oxygen atoms in total. The summed E-state index contributed by atoms with van der Waals surface area (Å²) in [6.45, 7) is 2.01. The molecule has 0 heterocycles. The Balaban J connectivity index is -0.0000000540. The summed E-state index contributed by atoms with van der Waals surface area (Å²) >= 11 is 8.39. The van der Waals surface area contributed by atoms with E-state index < -0.39 is 0 Å². The van der Waals surface area contributed by atoms with Crippen molar-refractivity contribution >= 4 is 41.0 Å². The fourth-order valence-corrected chi connectivity index (χ4v) is 1.27. The number of rotatable bonds is 0. The Kier molecular flexibility index (Phi) is 27.0. The lowest BCUT2D eigenvalue weighted by Gasteiger charge is -1.97. The quantitative estimate of drug-likeness (QED) is 0.624. The second kappa shape index (κ2) is 12.9. The molecule has 1 aromatic carbocycles. The maximum atomic E-state index is 5.01. The van der Waals surface area contributed by atoms with Crippen LogP contribution in [0.2, 0.25) is 0 Å². The molecule has 1 aromatic rings. The van der Waals surface area contributed by atoms with E-state index in [0.29, 0.717) is 0 Å². The third kappa shape index (κ3) is 7.34. The van der Waals surface area contributed by atoms with Crippen molar-refractivity contribution in [1.29, 1.82) is 0 Å². The van der Waals surface area contributed by atoms with Gasteiger partial charge in [0.05, 0.1) is 0 Å². The molecule has 0 N–H and O–H groups in total. The summed E-state index contributed by atoms with van der Waals surface area (Å²) in [6.07, 6.45) is 0. The molecule has 0 aliphatic carbocycles. The van der Waals surface area contributed by atoms with E-state index in [1.807, 2.05) is 25.1 Å². The second-order valence-corrected chi connectivity index (χ2v) is 3.16. The van der Waals surface area contributed by atoms with Crippen molar-refractivity contribution in [1.82, 2.24) is 0 Å². The van der Waals surface area contributed by atoms with E-state index in [4.69, 9.17) is 12.6 Å². The van der Waals surface area contributed by atoms with Crippen LogP contribution in [0.3, 0.4) is 0 Å². The number of hydrogen-bond acceptors (Lipinski definition) is 0. The minimum absolute atomic E-state index is 0. The Hall–Kier alpha value is -0.0700. The Labute approximate surface area is 99.9 Å². The van der Waals surface area contributed by atoms with E-state index in [2.05, 4.69) is 15.9 Å². The highest BCUT2D eigenvalue weighted by Crippen LogP contribution is 2.21. The van der Waals surface area contributed by atoms with Gasteiger partial charge in [-0.25, -0.2) is 0 Å². The third-order valence-electron chi connectivity index (χ3n) is 1.22. The average Bonchev–Trinajstić information content (AvgIpc) is 1.83. The molecule has 0 unspecified atom stereocenters. The highest BCUT2D eigenvalue weighted by Gasteiger charge is 1.95. The van der Waals surface area contributed by atoms with E-state index in [0.717, 1.165) is 14.9 Å². The fraction of sp³-hybridized carbons (Fsp3) is 0.143. The predicted molar refractivity (Wildman–Crippen MR) is 62.0 cm³/mol. The molecule has 14 heavy (non-hydrogen) atoms. The van der Waals surface area contributed by atoms with Gasteiger partial charge in [0, 0.05) is 9.37 Å². The smallest absolute Gasteiger partial charge is 0.0417 e. The molecule has 7 heteroatoms. The summed E-state index contributed by atoms with van der Waals surface area (Å²) < 4.78 is 1.09. The lowest BCUT2D eigenvalue weighted by atomic mass is 10.2. The normalized spacial score (nSPS) is 6.14. The molecule has 0 bridgehead atoms. The predicted octanol–water partition coefficient (Wildman–Crippen LogP) is 4.35. The minimum atomic E-state index is 0. The van der Waals surface area contributed by atoms with Gasteiger partial charge in [-0.2, -0.15) is 0 Å². The van der Waals surface area contributed by atoms with Crippen LogP contribution in [0.4, 0.5) is 18.8 Å². The monoisotopic (exact) mass is 317 g/mol. The van der Waals surface area contributed by atoms with Gasteiger partial charge in [0.2, 0.25) is 0 Å². The van der Waals surface area contributed by atoms with Crippen molar-refractivity contribution < 1.29 is 18.8 Å². The van der Waals surface area contributed by atoms with E-state index in [-0.39, 0.29) is 31.2 Å². The van der Waals surface area contributed by atoms with Crippen LogP contribution in [0.5, 0.6) is 0 Å². The Morgan fingerprint density at radius 2 is 1.50 bits per heavy atom. The van der Waals surface area contributed by atoms with Crippen LogP contribution in [-0.4, -0.2) is 0 Å². The van der Waals surface area contributed by atoms with Crippen molar-refractivity contribution in [2.75, 3.05) is 0 Å². The Morgan fingerprint density at radius 1 is 1.07 bits per heavy atom. The first-order valence-corrected chi connectivity index (χ1v) is 3.84. The maximum Gasteiger partial charge on any atom is 0.0417 e. The van der Waals surface area contributed by atoms with Gasteiger partial charge in [0.15, 0.2) is 0 Å². The zero-order chi connectivity index (χ0) is 6.85. The van der Waals surface area contributed by atoms with E-state index in [1.54, 1.807) is 0 Å². The molecule has 1 rings (SSSR count). The standard InChI is InChI=1S/C7H6BrS.ClH.4FH/c1-5-6(8)3-2-4-7(5)9;;;;;/h2-4H,1H3;5*1H. The first-order chi connectivity index (χ1) is 4.22. The van der Waals surface area contributed by atoms with Crippen molar-refractivity contribution in [3.63, 3.8) is 0 Å². The summed E-state index contributed by atoms with van der Waals surface area (Å²) in [5.41, 5.74) is 1.15. The largest absolute Gasteiger partial charge is 0.269 e. The highest BCUT2D eigenvalue weighted by molar-refractivity contribution is 9.10. The van der Waals surface area contributed by atoms with Crippen LogP contribution in [-0.2, 0) is 0 Å². The van der Waals surface area contributed by atoms with Crippen LogP contribution >= 0.6 is 41.0 Å². The Bertz CT molecular complexity index is 217. The molecule has 1 radical (unpaired) electrons. The lowest BCUT2D eigenvalue weighted by Crippen LogP contribution is -1.75. The number of halogens is 6. The van der Waals surface area contributed by atoms with E-state index >= 15 is 0 Å². The fourth-order valence-electron chi connectivity index (χ4n) is 0.588. The summed E-state index contributed by atoms with van der Waals surface area (Å²) in [5, 5.41) is 0. The van der Waals surface area contributed by atoms with Crippen molar-refractivity contribution in [2.24, 2.45) is 0 Å². The molecule has 0 amide bonds. The molecule has 0 saturated carbocycles. The molecule has 0 saturated heterocycles. The van der Waals surface area contributed by atoms with Crippen LogP contribution in [0, 0.1) is 6.92 Å². The average molecular weight is 319 g/mol. The summed E-state index contributed by atoms with van der Waals surface area (Å²) in [4.78, 5) is 0.921. The van der Waals surface area contributed by atoms with Gasteiger partial charge in [-0.3, -0.25) is 18.8 Å². The summed E-state index contributed by atoms with van der Waals surface area (Å²) in [5.74, 6) is 0. The third-order valence-corrected chi connectivity index (χ3v) is 2.52. The van der Waals surface area contributed by atoms with Crippen molar-refractivity contribution in [3.05, 3.63) is 28.2 Å². The maximum absolute atomic E-state index is 5.01. The number of benzene rings is 1. The van der Waals surface area contributed by atoms with Gasteiger partial charge in [-0.05, 0) is 24.6 Å². The van der Waals surface area contributed by atoms with Crippen LogP contribution < -0.4 is 0 Å². The second-order valence-electron chi connectivity index (χ2n) is 1.86. The molecule has 0 aliphatic heterocycles. The molecule has 0 fully saturated rings. The highest BCUT2D eigenvalue weighted by atomic mass is 79.9. The van der Waals surface area contributed by atoms with Crippen LogP contribution in [0.25, 0.3) is 0 Å². The van der Waals surface area contributed by atoms with Gasteiger partial charge < -0.3 is 0 Å². The number of hydrogen-bond donors (Lipinski definition) is 0. The van der Waals surface area contributed by atoms with Crippen molar-refractivity contribution in [3.8, 4) is 0 Å². The molecule has 0 aliphatic rings. The Morgan fingerprint density at radius 3 is 1.79 bits per heavy atom. The van der Waals surface area contributed by atoms with E-state index in [9.17, 15) is 0 Å². The molecular formula is C7H11BrClF4S. The van der Waals surface area contributed by atoms with Crippen molar-refractivity contribution in [2.45, 2.75) is 11.8 Å². The van der Waals surface area contributed by atoms with Gasteiger partial charge in [-0.15, -0.1) is 12.4 Å². The molecule has 0 atom stereocenters. The van der Waals surface area contributed by atoms with Crippen LogP contribution in [0.15, 0.2) is 27.6 Å². The van der Waals surface area contributed by atoms with Gasteiger partial charge in [-0.1, -0.05) is 34.6 Å². The zero-order valence-corrected chi connectivity index (χ0v) is 10.3. The first-order valence-electron chi connectivity index (χ1n) is 2.64. The zero-order valence-electron chi connectivity index (χ0n) is 7.06. The SMILES string of the molecule is Cc1c([S])cccc1Br.Cl.F.F.F.F.